The van der Waals surface area contributed by atoms with Gasteiger partial charge in [0.1, 0.15) is 6.04 Å². The van der Waals surface area contributed by atoms with E-state index in [-0.39, 0.29) is 17.2 Å². The number of methoxy groups -OCH3 is 3. The van der Waals surface area contributed by atoms with Crippen molar-refractivity contribution < 1.29 is 23.8 Å². The minimum Gasteiger partial charge on any atom is -0.493 e. The van der Waals surface area contributed by atoms with E-state index >= 15 is 0 Å². The fraction of sp³-hybridized carbons (Fsp3) is 0.545. The van der Waals surface area contributed by atoms with E-state index in [0.717, 1.165) is 48.4 Å². The molecule has 11 heteroatoms. The number of hydrogen-bond acceptors (Lipinski definition) is 9. The first-order valence-electron chi connectivity index (χ1n) is 15.3. The molecule has 4 rings (SSSR count). The number of anilines is 1. The Labute approximate surface area is 264 Å². The molecule has 1 saturated heterocycles. The number of aryl methyl sites for hydroxylation is 1. The summed E-state index contributed by atoms with van der Waals surface area (Å²) in [7, 11) is 4.70. The third kappa shape index (κ3) is 7.43. The van der Waals surface area contributed by atoms with Gasteiger partial charge < -0.3 is 30.2 Å². The highest BCUT2D eigenvalue weighted by atomic mass is 32.2. The number of carbonyl (C=O) groups is 2. The summed E-state index contributed by atoms with van der Waals surface area (Å²) in [5.74, 6) is 1.93. The molecule has 0 bridgehead atoms. The first kappa shape index (κ1) is 33.5. The molecule has 1 aliphatic heterocycles. The number of thioether (sulfide) groups is 1. The SMILES string of the molecule is CCN1CCC[C@H]1CNC(=O)[C@H](CCSC)Nc1ccc2c(cc1=O)[C@@H](NC(C)=O)CCc1cc(OC)c(OC)c(OC)c1-2. The largest absolute Gasteiger partial charge is 0.493 e. The third-order valence-electron chi connectivity index (χ3n) is 8.59. The molecule has 0 aromatic heterocycles. The normalized spacial score (nSPS) is 18.3. The Kier molecular flexibility index (Phi) is 11.8. The molecule has 3 N–H and O–H groups in total. The van der Waals surface area contributed by atoms with Crippen molar-refractivity contribution in [1.82, 2.24) is 15.5 Å². The number of carbonyl (C=O) groups excluding carboxylic acids is 2. The summed E-state index contributed by atoms with van der Waals surface area (Å²) in [6.07, 6.45) is 5.95. The van der Waals surface area contributed by atoms with Gasteiger partial charge in [0.2, 0.25) is 23.0 Å². The highest BCUT2D eigenvalue weighted by Gasteiger charge is 2.30. The van der Waals surface area contributed by atoms with Crippen LogP contribution in [-0.4, -0.2) is 81.8 Å². The highest BCUT2D eigenvalue weighted by Crippen LogP contribution is 2.50. The summed E-state index contributed by atoms with van der Waals surface area (Å²) in [5.41, 5.74) is 3.20. The number of fused-ring (bicyclic) bond motifs is 3. The van der Waals surface area contributed by atoms with Crippen LogP contribution in [0.2, 0.25) is 0 Å². The second-order valence-corrected chi connectivity index (χ2v) is 12.2. The van der Waals surface area contributed by atoms with E-state index in [1.807, 2.05) is 18.4 Å². The number of nitrogens with one attached hydrogen (secondary N) is 3. The van der Waals surface area contributed by atoms with Gasteiger partial charge in [0.25, 0.3) is 0 Å². The summed E-state index contributed by atoms with van der Waals surface area (Å²) in [5, 5.41) is 9.45. The molecule has 1 heterocycles. The highest BCUT2D eigenvalue weighted by molar-refractivity contribution is 7.98. The number of nitrogens with zero attached hydrogens (tertiary/aromatic N) is 1. The van der Waals surface area contributed by atoms with Crippen LogP contribution in [-0.2, 0) is 16.0 Å². The van der Waals surface area contributed by atoms with E-state index < -0.39 is 12.1 Å². The molecule has 0 spiro atoms. The number of ether oxygens (including phenoxy) is 3. The second-order valence-electron chi connectivity index (χ2n) is 11.2. The van der Waals surface area contributed by atoms with Crippen molar-refractivity contribution in [2.75, 3.05) is 58.3 Å². The maximum atomic E-state index is 13.8. The molecule has 10 nitrogen and oxygen atoms in total. The van der Waals surface area contributed by atoms with Crippen LogP contribution in [0.25, 0.3) is 11.1 Å². The Morgan fingerprint density at radius 1 is 1.09 bits per heavy atom. The Bertz CT molecular complexity index is 1400. The van der Waals surface area contributed by atoms with Crippen LogP contribution in [0.5, 0.6) is 17.2 Å². The summed E-state index contributed by atoms with van der Waals surface area (Å²) < 4.78 is 17.2. The Hall–Kier alpha value is -3.44. The van der Waals surface area contributed by atoms with Gasteiger partial charge in [-0.1, -0.05) is 13.0 Å². The van der Waals surface area contributed by atoms with Gasteiger partial charge in [-0.2, -0.15) is 11.8 Å². The Morgan fingerprint density at radius 2 is 1.86 bits per heavy atom. The zero-order valence-corrected chi connectivity index (χ0v) is 27.5. The lowest BCUT2D eigenvalue weighted by Gasteiger charge is -2.25. The standard InChI is InChI=1S/C33H46N4O6S/c1-7-37-15-8-9-22(37)19-34-33(40)27(14-16-44-6)36-26-13-11-23-24(18-28(26)39)25(35-20(2)38)12-10-21-17-29(41-3)31(42-4)32(43-5)30(21)23/h11,13,17-18,22,25,27H,7-10,12,14-16,19H2,1-6H3,(H,34,40)(H,35,38)(H,36,39)/t22-,25-,27-/m0/s1. The fourth-order valence-electron chi connectivity index (χ4n) is 6.40. The van der Waals surface area contributed by atoms with Crippen LogP contribution in [0.3, 0.4) is 0 Å². The van der Waals surface area contributed by atoms with Crippen molar-refractivity contribution in [2.24, 2.45) is 0 Å². The lowest BCUT2D eigenvalue weighted by Crippen LogP contribution is -2.46. The number of likely N-dealkylation sites (tertiary alicyclic amines) is 1. The molecule has 240 valence electrons. The van der Waals surface area contributed by atoms with Gasteiger partial charge in [-0.3, -0.25) is 19.3 Å². The predicted octanol–water partition coefficient (Wildman–Crippen LogP) is 4.00. The molecule has 2 amide bonds. The van der Waals surface area contributed by atoms with E-state index in [4.69, 9.17) is 14.2 Å². The number of benzene rings is 1. The molecule has 2 aromatic rings. The van der Waals surface area contributed by atoms with Crippen molar-refractivity contribution in [1.29, 1.82) is 0 Å². The molecule has 0 saturated carbocycles. The maximum absolute atomic E-state index is 13.8. The van der Waals surface area contributed by atoms with E-state index in [2.05, 4.69) is 27.8 Å². The van der Waals surface area contributed by atoms with E-state index in [0.29, 0.717) is 60.3 Å². The zero-order valence-electron chi connectivity index (χ0n) is 26.7. The smallest absolute Gasteiger partial charge is 0.242 e. The molecule has 3 atom stereocenters. The summed E-state index contributed by atoms with van der Waals surface area (Å²) in [4.78, 5) is 41.9. The van der Waals surface area contributed by atoms with Gasteiger partial charge in [0, 0.05) is 25.1 Å². The molecule has 2 aliphatic rings. The topological polar surface area (TPSA) is 118 Å². The molecule has 2 aromatic carbocycles. The third-order valence-corrected chi connectivity index (χ3v) is 9.23. The molecule has 0 unspecified atom stereocenters. The number of rotatable bonds is 13. The lowest BCUT2D eigenvalue weighted by atomic mass is 9.95. The van der Waals surface area contributed by atoms with Gasteiger partial charge in [0.05, 0.1) is 33.1 Å². The van der Waals surface area contributed by atoms with Crippen molar-refractivity contribution in [3.63, 3.8) is 0 Å². The van der Waals surface area contributed by atoms with Crippen LogP contribution in [0, 0.1) is 0 Å². The summed E-state index contributed by atoms with van der Waals surface area (Å²) >= 11 is 1.66. The molecule has 1 fully saturated rings. The van der Waals surface area contributed by atoms with Gasteiger partial charge in [-0.25, -0.2) is 0 Å². The van der Waals surface area contributed by atoms with Gasteiger partial charge in [0.15, 0.2) is 11.5 Å². The van der Waals surface area contributed by atoms with Crippen LogP contribution < -0.4 is 35.6 Å². The minimum atomic E-state index is -0.578. The molecular formula is C33H46N4O6S. The van der Waals surface area contributed by atoms with Gasteiger partial charge in [-0.15, -0.1) is 0 Å². The van der Waals surface area contributed by atoms with Crippen LogP contribution in [0.1, 0.15) is 56.7 Å². The monoisotopic (exact) mass is 626 g/mol. The average molecular weight is 627 g/mol. The Balaban J connectivity index is 1.76. The van der Waals surface area contributed by atoms with Crippen LogP contribution in [0.4, 0.5) is 5.69 Å². The van der Waals surface area contributed by atoms with E-state index in [9.17, 15) is 14.4 Å². The number of likely N-dealkylation sites (N-methyl/N-ethyl adjacent to an activating group) is 1. The minimum absolute atomic E-state index is 0.116. The maximum Gasteiger partial charge on any atom is 0.242 e. The molecular weight excluding hydrogens is 580 g/mol. The molecule has 1 aliphatic carbocycles. The quantitative estimate of drug-likeness (QED) is 0.303. The average Bonchev–Trinajstić information content (AvgIpc) is 3.36. The lowest BCUT2D eigenvalue weighted by molar-refractivity contribution is -0.122. The van der Waals surface area contributed by atoms with Crippen LogP contribution >= 0.6 is 11.8 Å². The van der Waals surface area contributed by atoms with Crippen molar-refractivity contribution in [3.8, 4) is 28.4 Å². The van der Waals surface area contributed by atoms with Crippen molar-refractivity contribution in [2.45, 2.75) is 64.1 Å². The van der Waals surface area contributed by atoms with Crippen molar-refractivity contribution in [3.05, 3.63) is 45.6 Å². The Morgan fingerprint density at radius 3 is 2.52 bits per heavy atom. The fourth-order valence-corrected chi connectivity index (χ4v) is 6.87. The molecule has 44 heavy (non-hydrogen) atoms. The summed E-state index contributed by atoms with van der Waals surface area (Å²) in [6.45, 7) is 6.23. The van der Waals surface area contributed by atoms with Gasteiger partial charge >= 0.3 is 0 Å². The van der Waals surface area contributed by atoms with E-state index in [1.54, 1.807) is 45.2 Å². The number of hydrogen-bond donors (Lipinski definition) is 3. The first-order valence-corrected chi connectivity index (χ1v) is 16.7. The van der Waals surface area contributed by atoms with E-state index in [1.165, 1.54) is 6.92 Å². The molecule has 0 radical (unpaired) electrons. The predicted molar refractivity (Wildman–Crippen MR) is 176 cm³/mol. The number of amides is 2. The van der Waals surface area contributed by atoms with Crippen LogP contribution in [0.15, 0.2) is 29.1 Å². The zero-order chi connectivity index (χ0) is 31.8. The second kappa shape index (κ2) is 15.5. The summed E-state index contributed by atoms with van der Waals surface area (Å²) in [6, 6.07) is 6.44. The first-order chi connectivity index (χ1) is 21.3. The van der Waals surface area contributed by atoms with Crippen molar-refractivity contribution >= 4 is 29.3 Å². The van der Waals surface area contributed by atoms with Gasteiger partial charge in [-0.05, 0) is 92.1 Å².